The number of nitrogens with zero attached hydrogens (tertiary/aromatic N) is 2. The Labute approximate surface area is 140 Å². The number of anilines is 1. The molecule has 2 heterocycles. The van der Waals surface area contributed by atoms with E-state index in [9.17, 15) is 18.0 Å². The zero-order valence-corrected chi connectivity index (χ0v) is 13.5. The molecule has 1 aromatic carbocycles. The molecule has 0 bridgehead atoms. The van der Waals surface area contributed by atoms with Crippen molar-refractivity contribution in [2.45, 2.75) is 26.1 Å². The SMILES string of the molecule is Cc1nnc(NC(C)c2cccc(C(F)(F)F)c2)c2[nH]c(=O)ccc12. The second kappa shape index (κ2) is 6.19. The average molecular weight is 348 g/mol. The molecule has 0 aliphatic carbocycles. The van der Waals surface area contributed by atoms with Crippen molar-refractivity contribution in [2.75, 3.05) is 5.32 Å². The Balaban J connectivity index is 1.98. The number of pyridine rings is 1. The highest BCUT2D eigenvalue weighted by Crippen LogP contribution is 2.31. The van der Waals surface area contributed by atoms with Gasteiger partial charge in [-0.15, -0.1) is 5.10 Å². The third kappa shape index (κ3) is 3.47. The van der Waals surface area contributed by atoms with Crippen LogP contribution in [0.1, 0.15) is 29.8 Å². The number of benzene rings is 1. The topological polar surface area (TPSA) is 70.7 Å². The van der Waals surface area contributed by atoms with Gasteiger partial charge in [0.1, 0.15) is 0 Å². The van der Waals surface area contributed by atoms with Crippen molar-refractivity contribution < 1.29 is 13.2 Å². The van der Waals surface area contributed by atoms with Gasteiger partial charge in [0.25, 0.3) is 0 Å². The molecule has 0 aliphatic heterocycles. The predicted molar refractivity (Wildman–Crippen MR) is 88.4 cm³/mol. The third-order valence-corrected chi connectivity index (χ3v) is 3.91. The van der Waals surface area contributed by atoms with Crippen LogP contribution in [0.3, 0.4) is 0 Å². The Morgan fingerprint density at radius 2 is 1.92 bits per heavy atom. The summed E-state index contributed by atoms with van der Waals surface area (Å²) in [6, 6.07) is 7.62. The van der Waals surface area contributed by atoms with Crippen LogP contribution in [0.15, 0.2) is 41.2 Å². The molecule has 0 saturated heterocycles. The molecule has 130 valence electrons. The van der Waals surface area contributed by atoms with E-state index >= 15 is 0 Å². The largest absolute Gasteiger partial charge is 0.416 e. The molecule has 0 aliphatic rings. The van der Waals surface area contributed by atoms with E-state index in [0.29, 0.717) is 28.0 Å². The molecular formula is C17H15F3N4O. The van der Waals surface area contributed by atoms with Gasteiger partial charge in [0, 0.05) is 11.5 Å². The molecule has 0 radical (unpaired) electrons. The van der Waals surface area contributed by atoms with Crippen molar-refractivity contribution in [1.82, 2.24) is 15.2 Å². The summed E-state index contributed by atoms with van der Waals surface area (Å²) in [5.41, 5.74) is 0.549. The van der Waals surface area contributed by atoms with Gasteiger partial charge in [0.05, 0.1) is 22.8 Å². The lowest BCUT2D eigenvalue weighted by molar-refractivity contribution is -0.137. The minimum atomic E-state index is -4.41. The number of H-pyrrole nitrogens is 1. The number of hydrogen-bond donors (Lipinski definition) is 2. The van der Waals surface area contributed by atoms with Gasteiger partial charge in [0.2, 0.25) is 5.56 Å². The molecule has 5 nitrogen and oxygen atoms in total. The number of aryl methyl sites for hydroxylation is 1. The molecule has 2 N–H and O–H groups in total. The van der Waals surface area contributed by atoms with Crippen molar-refractivity contribution in [2.24, 2.45) is 0 Å². The van der Waals surface area contributed by atoms with Crippen molar-refractivity contribution in [3.63, 3.8) is 0 Å². The summed E-state index contributed by atoms with van der Waals surface area (Å²) in [6.45, 7) is 3.47. The lowest BCUT2D eigenvalue weighted by Crippen LogP contribution is -2.13. The third-order valence-electron chi connectivity index (χ3n) is 3.91. The van der Waals surface area contributed by atoms with Gasteiger partial charge in [-0.25, -0.2) is 0 Å². The standard InChI is InChI=1S/C17H15F3N4O/c1-9(11-4-3-5-12(8-11)17(18,19)20)21-16-15-13(10(2)23-24-16)6-7-14(25)22-15/h3-9H,1-2H3,(H,21,24)(H,22,25). The summed E-state index contributed by atoms with van der Waals surface area (Å²) in [4.78, 5) is 14.3. The van der Waals surface area contributed by atoms with E-state index < -0.39 is 17.8 Å². The lowest BCUT2D eigenvalue weighted by Gasteiger charge is -2.17. The Kier molecular flexibility index (Phi) is 4.20. The first-order valence-corrected chi connectivity index (χ1v) is 7.56. The maximum Gasteiger partial charge on any atom is 0.416 e. The van der Waals surface area contributed by atoms with E-state index in [1.54, 1.807) is 26.0 Å². The van der Waals surface area contributed by atoms with Crippen LogP contribution in [0.25, 0.3) is 10.9 Å². The average Bonchev–Trinajstić information content (AvgIpc) is 2.56. The van der Waals surface area contributed by atoms with E-state index in [0.717, 1.165) is 12.1 Å². The van der Waals surface area contributed by atoms with Crippen LogP contribution in [0.4, 0.5) is 19.0 Å². The van der Waals surface area contributed by atoms with Gasteiger partial charge >= 0.3 is 6.18 Å². The Morgan fingerprint density at radius 1 is 1.16 bits per heavy atom. The van der Waals surface area contributed by atoms with Crippen molar-refractivity contribution >= 4 is 16.7 Å². The molecule has 1 atom stereocenters. The molecular weight excluding hydrogens is 333 g/mol. The van der Waals surface area contributed by atoms with E-state index in [1.807, 2.05) is 0 Å². The lowest BCUT2D eigenvalue weighted by atomic mass is 10.0. The number of aromatic nitrogens is 3. The second-order valence-electron chi connectivity index (χ2n) is 5.73. The molecule has 0 saturated carbocycles. The normalized spacial score (nSPS) is 13.0. The molecule has 3 rings (SSSR count). The van der Waals surface area contributed by atoms with Crippen LogP contribution in [-0.2, 0) is 6.18 Å². The molecule has 1 unspecified atom stereocenters. The molecule has 8 heteroatoms. The van der Waals surface area contributed by atoms with Crippen LogP contribution in [0, 0.1) is 6.92 Å². The number of halogens is 3. The smallest absolute Gasteiger partial charge is 0.360 e. The number of aromatic amines is 1. The zero-order chi connectivity index (χ0) is 18.2. The van der Waals surface area contributed by atoms with Crippen LogP contribution in [-0.4, -0.2) is 15.2 Å². The number of nitrogens with one attached hydrogen (secondary N) is 2. The summed E-state index contributed by atoms with van der Waals surface area (Å²) in [5.74, 6) is 0.309. The minimum Gasteiger partial charge on any atom is -0.360 e. The first-order chi connectivity index (χ1) is 11.8. The fourth-order valence-corrected chi connectivity index (χ4v) is 2.57. The Morgan fingerprint density at radius 3 is 2.64 bits per heavy atom. The van der Waals surface area contributed by atoms with Crippen LogP contribution >= 0.6 is 0 Å². The van der Waals surface area contributed by atoms with Gasteiger partial charge in [0.15, 0.2) is 5.82 Å². The fraction of sp³-hybridized carbons (Fsp3) is 0.235. The second-order valence-corrected chi connectivity index (χ2v) is 5.73. The number of fused-ring (bicyclic) bond motifs is 1. The Bertz CT molecular complexity index is 982. The highest BCUT2D eigenvalue weighted by atomic mass is 19.4. The van der Waals surface area contributed by atoms with Crippen molar-refractivity contribution in [3.05, 3.63) is 63.6 Å². The van der Waals surface area contributed by atoms with Crippen molar-refractivity contribution in [3.8, 4) is 0 Å². The van der Waals surface area contributed by atoms with E-state index in [1.165, 1.54) is 12.1 Å². The quantitative estimate of drug-likeness (QED) is 0.755. The highest BCUT2D eigenvalue weighted by molar-refractivity contribution is 5.89. The van der Waals surface area contributed by atoms with Gasteiger partial charge in [-0.3, -0.25) is 4.79 Å². The summed E-state index contributed by atoms with van der Waals surface area (Å²) >= 11 is 0. The maximum atomic E-state index is 12.9. The van der Waals surface area contributed by atoms with Gasteiger partial charge in [-0.05, 0) is 37.6 Å². The fourth-order valence-electron chi connectivity index (χ4n) is 2.57. The first kappa shape index (κ1) is 16.9. The minimum absolute atomic E-state index is 0.297. The summed E-state index contributed by atoms with van der Waals surface area (Å²) in [5, 5.41) is 11.8. The number of rotatable bonds is 3. The maximum absolute atomic E-state index is 12.9. The van der Waals surface area contributed by atoms with Gasteiger partial charge < -0.3 is 10.3 Å². The highest BCUT2D eigenvalue weighted by Gasteiger charge is 2.30. The molecule has 0 fully saturated rings. The molecule has 3 aromatic rings. The van der Waals surface area contributed by atoms with Gasteiger partial charge in [-0.1, -0.05) is 12.1 Å². The summed E-state index contributed by atoms with van der Waals surface area (Å²) < 4.78 is 38.6. The van der Waals surface area contributed by atoms with Crippen molar-refractivity contribution in [1.29, 1.82) is 0 Å². The number of alkyl halides is 3. The van der Waals surface area contributed by atoms with E-state index in [-0.39, 0.29) is 5.56 Å². The molecule has 0 spiro atoms. The van der Waals surface area contributed by atoms with Crippen LogP contribution < -0.4 is 10.9 Å². The molecule has 2 aromatic heterocycles. The molecule has 0 amide bonds. The summed E-state index contributed by atoms with van der Waals surface area (Å²) in [7, 11) is 0. The molecule has 25 heavy (non-hydrogen) atoms. The predicted octanol–water partition coefficient (Wildman–Crippen LogP) is 3.82. The Hall–Kier alpha value is -2.90. The first-order valence-electron chi connectivity index (χ1n) is 7.56. The van der Waals surface area contributed by atoms with Crippen LogP contribution in [0.2, 0.25) is 0 Å². The van der Waals surface area contributed by atoms with Gasteiger partial charge in [-0.2, -0.15) is 18.3 Å². The monoisotopic (exact) mass is 348 g/mol. The van der Waals surface area contributed by atoms with E-state index in [2.05, 4.69) is 20.5 Å². The summed E-state index contributed by atoms with van der Waals surface area (Å²) in [6.07, 6.45) is -4.41. The van der Waals surface area contributed by atoms with Crippen LogP contribution in [0.5, 0.6) is 0 Å². The van der Waals surface area contributed by atoms with E-state index in [4.69, 9.17) is 0 Å². The zero-order valence-electron chi connectivity index (χ0n) is 13.5. The number of hydrogen-bond acceptors (Lipinski definition) is 4.